The molecule has 120 valence electrons. The van der Waals surface area contributed by atoms with E-state index in [1.165, 1.54) is 0 Å². The van der Waals surface area contributed by atoms with Crippen LogP contribution in [0.1, 0.15) is 45.4 Å². The van der Waals surface area contributed by atoms with Crippen molar-refractivity contribution in [3.05, 3.63) is 0 Å². The number of hydrogen-bond donors (Lipinski definition) is 1. The van der Waals surface area contributed by atoms with Crippen molar-refractivity contribution >= 4 is 21.6 Å². The van der Waals surface area contributed by atoms with Crippen LogP contribution in [0, 0.1) is 5.92 Å². The molecule has 0 aromatic heterocycles. The van der Waals surface area contributed by atoms with Crippen molar-refractivity contribution in [3.8, 4) is 0 Å². The largest absolute Gasteiger partial charge is 0.389 e. The molecule has 0 aliphatic heterocycles. The third-order valence-corrected chi connectivity index (χ3v) is 5.67. The van der Waals surface area contributed by atoms with E-state index in [4.69, 9.17) is 11.6 Å². The van der Waals surface area contributed by atoms with Crippen molar-refractivity contribution in [2.24, 2.45) is 5.92 Å². The molecular weight excluding hydrogens is 315 g/mol. The van der Waals surface area contributed by atoms with Crippen molar-refractivity contribution in [1.82, 2.24) is 4.72 Å². The zero-order valence-corrected chi connectivity index (χ0v) is 13.0. The van der Waals surface area contributed by atoms with Crippen LogP contribution in [0.15, 0.2) is 0 Å². The van der Waals surface area contributed by atoms with E-state index in [1.807, 2.05) is 6.92 Å². The standard InChI is InChI=1S/C12H21ClF3NO2S/c1-10-4-2-5-11(8-10,9-13)17-20(18,19)7-3-6-12(14,15)16/h10,17H,2-9H2,1H3. The number of hydrogen-bond acceptors (Lipinski definition) is 2. The molecule has 0 bridgehead atoms. The molecule has 8 heteroatoms. The summed E-state index contributed by atoms with van der Waals surface area (Å²) in [5.41, 5.74) is -0.698. The van der Waals surface area contributed by atoms with Gasteiger partial charge < -0.3 is 0 Å². The minimum Gasteiger partial charge on any atom is -0.212 e. The monoisotopic (exact) mass is 335 g/mol. The van der Waals surface area contributed by atoms with Gasteiger partial charge in [0.15, 0.2) is 0 Å². The average molecular weight is 336 g/mol. The van der Waals surface area contributed by atoms with Crippen molar-refractivity contribution < 1.29 is 21.6 Å². The quantitative estimate of drug-likeness (QED) is 0.756. The maximum absolute atomic E-state index is 12.0. The molecule has 0 heterocycles. The highest BCUT2D eigenvalue weighted by Gasteiger charge is 2.38. The van der Waals surface area contributed by atoms with E-state index in [9.17, 15) is 21.6 Å². The highest BCUT2D eigenvalue weighted by molar-refractivity contribution is 7.89. The molecule has 2 atom stereocenters. The van der Waals surface area contributed by atoms with E-state index in [0.717, 1.165) is 12.8 Å². The SMILES string of the molecule is CC1CCCC(CCl)(NS(=O)(=O)CCCC(F)(F)F)C1. The Morgan fingerprint density at radius 2 is 2.05 bits per heavy atom. The van der Waals surface area contributed by atoms with Crippen LogP contribution in [0.5, 0.6) is 0 Å². The second-order valence-electron chi connectivity index (χ2n) is 5.76. The topological polar surface area (TPSA) is 46.2 Å². The van der Waals surface area contributed by atoms with Gasteiger partial charge in [0, 0.05) is 17.8 Å². The lowest BCUT2D eigenvalue weighted by atomic mass is 9.78. The van der Waals surface area contributed by atoms with E-state index in [-0.39, 0.29) is 5.88 Å². The predicted molar refractivity (Wildman–Crippen MR) is 73.3 cm³/mol. The van der Waals surface area contributed by atoms with Gasteiger partial charge in [0.1, 0.15) is 0 Å². The first-order valence-electron chi connectivity index (χ1n) is 6.72. The summed E-state index contributed by atoms with van der Waals surface area (Å²) in [4.78, 5) is 0. The Kier molecular flexibility index (Phi) is 6.16. The minimum absolute atomic E-state index is 0.149. The van der Waals surface area contributed by atoms with Crippen molar-refractivity contribution in [1.29, 1.82) is 0 Å². The highest BCUT2D eigenvalue weighted by atomic mass is 35.5. The van der Waals surface area contributed by atoms with E-state index in [0.29, 0.717) is 18.8 Å². The van der Waals surface area contributed by atoms with Gasteiger partial charge in [-0.15, -0.1) is 11.6 Å². The van der Waals surface area contributed by atoms with Gasteiger partial charge >= 0.3 is 6.18 Å². The molecule has 3 nitrogen and oxygen atoms in total. The first-order chi connectivity index (χ1) is 9.08. The smallest absolute Gasteiger partial charge is 0.212 e. The van der Waals surface area contributed by atoms with Gasteiger partial charge in [-0.2, -0.15) is 13.2 Å². The number of nitrogens with one attached hydrogen (secondary N) is 1. The molecule has 1 fully saturated rings. The number of halogens is 4. The highest BCUT2D eigenvalue weighted by Crippen LogP contribution is 2.34. The van der Waals surface area contributed by atoms with E-state index < -0.39 is 40.3 Å². The number of sulfonamides is 1. The van der Waals surface area contributed by atoms with Crippen LogP contribution in [0.4, 0.5) is 13.2 Å². The molecule has 2 unspecified atom stereocenters. The molecule has 0 saturated heterocycles. The maximum atomic E-state index is 12.0. The molecular formula is C12H21ClF3NO2S. The van der Waals surface area contributed by atoms with Crippen molar-refractivity contribution in [3.63, 3.8) is 0 Å². The Bertz CT molecular complexity index is 413. The summed E-state index contributed by atoms with van der Waals surface area (Å²) < 4.78 is 62.5. The van der Waals surface area contributed by atoms with Crippen molar-refractivity contribution in [2.75, 3.05) is 11.6 Å². The van der Waals surface area contributed by atoms with E-state index in [2.05, 4.69) is 4.72 Å². The van der Waals surface area contributed by atoms with Gasteiger partial charge in [-0.05, 0) is 25.2 Å². The first kappa shape index (κ1) is 18.0. The third kappa shape index (κ3) is 6.18. The second-order valence-corrected chi connectivity index (χ2v) is 7.86. The van der Waals surface area contributed by atoms with E-state index in [1.54, 1.807) is 0 Å². The molecule has 1 N–H and O–H groups in total. The normalized spacial score (nSPS) is 28.6. The zero-order valence-electron chi connectivity index (χ0n) is 11.5. The lowest BCUT2D eigenvalue weighted by Crippen LogP contribution is -2.53. The van der Waals surface area contributed by atoms with Gasteiger partial charge in [-0.1, -0.05) is 19.8 Å². The number of alkyl halides is 4. The molecule has 1 rings (SSSR count). The lowest BCUT2D eigenvalue weighted by molar-refractivity contribution is -0.134. The molecule has 20 heavy (non-hydrogen) atoms. The lowest BCUT2D eigenvalue weighted by Gasteiger charge is -2.39. The molecule has 0 spiro atoms. The van der Waals surface area contributed by atoms with Crippen LogP contribution in [-0.4, -0.2) is 31.8 Å². The Balaban J connectivity index is 2.59. The molecule has 0 aromatic carbocycles. The Hall–Kier alpha value is -0.0100. The van der Waals surface area contributed by atoms with Gasteiger partial charge in [-0.3, -0.25) is 0 Å². The fourth-order valence-corrected chi connectivity index (χ4v) is 4.68. The summed E-state index contributed by atoms with van der Waals surface area (Å²) in [6.07, 6.45) is -2.66. The fourth-order valence-electron chi connectivity index (χ4n) is 2.74. The van der Waals surface area contributed by atoms with Crippen LogP contribution in [0.2, 0.25) is 0 Å². The van der Waals surface area contributed by atoms with Gasteiger partial charge in [-0.25, -0.2) is 13.1 Å². The predicted octanol–water partition coefficient (Wildman–Crippen LogP) is 3.44. The summed E-state index contributed by atoms with van der Waals surface area (Å²) in [6.45, 7) is 2.03. The summed E-state index contributed by atoms with van der Waals surface area (Å²) >= 11 is 5.91. The van der Waals surface area contributed by atoms with Crippen LogP contribution in [0.25, 0.3) is 0 Å². The van der Waals surface area contributed by atoms with Crippen LogP contribution in [-0.2, 0) is 10.0 Å². The van der Waals surface area contributed by atoms with Gasteiger partial charge in [0.2, 0.25) is 10.0 Å². The van der Waals surface area contributed by atoms with Crippen LogP contribution < -0.4 is 4.72 Å². The summed E-state index contributed by atoms with van der Waals surface area (Å²) in [7, 11) is -3.73. The number of rotatable bonds is 6. The molecule has 0 amide bonds. The Morgan fingerprint density at radius 3 is 2.55 bits per heavy atom. The maximum Gasteiger partial charge on any atom is 0.389 e. The average Bonchev–Trinajstić information content (AvgIpc) is 2.26. The molecule has 0 aromatic rings. The summed E-state index contributed by atoms with van der Waals surface area (Å²) in [6, 6.07) is 0. The van der Waals surface area contributed by atoms with Crippen LogP contribution in [0.3, 0.4) is 0 Å². The summed E-state index contributed by atoms with van der Waals surface area (Å²) in [5.74, 6) is -0.00425. The first-order valence-corrected chi connectivity index (χ1v) is 8.91. The second kappa shape index (κ2) is 6.83. The van der Waals surface area contributed by atoms with Crippen LogP contribution >= 0.6 is 11.6 Å². The van der Waals surface area contributed by atoms with Gasteiger partial charge in [0.05, 0.1) is 5.75 Å². The van der Waals surface area contributed by atoms with E-state index >= 15 is 0 Å². The molecule has 1 saturated carbocycles. The molecule has 1 aliphatic carbocycles. The Labute approximate surface area is 123 Å². The molecule has 1 aliphatic rings. The summed E-state index contributed by atoms with van der Waals surface area (Å²) in [5, 5.41) is 0. The molecule has 0 radical (unpaired) electrons. The Morgan fingerprint density at radius 1 is 1.40 bits per heavy atom. The van der Waals surface area contributed by atoms with Crippen molar-refractivity contribution in [2.45, 2.75) is 57.2 Å². The fraction of sp³-hybridized carbons (Fsp3) is 1.00. The van der Waals surface area contributed by atoms with Gasteiger partial charge in [0.25, 0.3) is 0 Å². The minimum atomic E-state index is -4.32. The zero-order chi connectivity index (χ0) is 15.4. The third-order valence-electron chi connectivity index (χ3n) is 3.59.